The summed E-state index contributed by atoms with van der Waals surface area (Å²) in [5, 5.41) is 0. The van der Waals surface area contributed by atoms with Gasteiger partial charge in [0.25, 0.3) is 0 Å². The molecule has 0 aromatic carbocycles. The highest BCUT2D eigenvalue weighted by Gasteiger charge is 2.19. The van der Waals surface area contributed by atoms with Crippen molar-refractivity contribution in [2.45, 2.75) is 361 Å². The van der Waals surface area contributed by atoms with Crippen LogP contribution in [0.5, 0.6) is 0 Å². The second kappa shape index (κ2) is 63.9. The van der Waals surface area contributed by atoms with Gasteiger partial charge in [-0.05, 0) is 83.5 Å². The van der Waals surface area contributed by atoms with Crippen molar-refractivity contribution in [2.75, 3.05) is 13.2 Å². The largest absolute Gasteiger partial charge is 0.462 e. The van der Waals surface area contributed by atoms with Gasteiger partial charge >= 0.3 is 17.9 Å². The Balaban J connectivity index is 4.14. The number of allylic oxidation sites excluding steroid dienone is 8. The molecule has 6 heteroatoms. The van der Waals surface area contributed by atoms with Crippen molar-refractivity contribution in [2.24, 2.45) is 0 Å². The van der Waals surface area contributed by atoms with Crippen molar-refractivity contribution in [1.82, 2.24) is 0 Å². The number of ether oxygens (including phenoxy) is 3. The van der Waals surface area contributed by atoms with Crippen LogP contribution in [0, 0.1) is 0 Å². The third-order valence-electron chi connectivity index (χ3n) is 14.8. The third-order valence-corrected chi connectivity index (χ3v) is 14.8. The highest BCUT2D eigenvalue weighted by molar-refractivity contribution is 5.71. The third kappa shape index (κ3) is 62.1. The molecule has 0 aliphatic heterocycles. The molecule has 0 spiro atoms. The Bertz CT molecular complexity index is 1300. The first-order valence-corrected chi connectivity index (χ1v) is 33.1. The van der Waals surface area contributed by atoms with Gasteiger partial charge in [0.05, 0.1) is 0 Å². The molecule has 0 bridgehead atoms. The molecule has 0 radical (unpaired) electrons. The van der Waals surface area contributed by atoms with Crippen LogP contribution in [0.25, 0.3) is 0 Å². The molecule has 75 heavy (non-hydrogen) atoms. The lowest BCUT2D eigenvalue weighted by Crippen LogP contribution is -2.30. The zero-order valence-corrected chi connectivity index (χ0v) is 50.3. The predicted molar refractivity (Wildman–Crippen MR) is 325 cm³/mol. The number of hydrogen-bond donors (Lipinski definition) is 0. The van der Waals surface area contributed by atoms with E-state index in [2.05, 4.69) is 69.4 Å². The fraction of sp³-hybridized carbons (Fsp3) is 0.841. The normalized spacial score (nSPS) is 12.3. The molecular weight excluding hydrogens is 925 g/mol. The molecule has 0 saturated heterocycles. The summed E-state index contributed by atoms with van der Waals surface area (Å²) in [7, 11) is 0. The molecule has 6 nitrogen and oxygen atoms in total. The molecule has 0 saturated carbocycles. The Kier molecular flexibility index (Phi) is 61.7. The summed E-state index contributed by atoms with van der Waals surface area (Å²) >= 11 is 0. The number of hydrogen-bond acceptors (Lipinski definition) is 6. The second-order valence-electron chi connectivity index (χ2n) is 22.4. The SMILES string of the molecule is CCCCCC/C=C\C/C=C\CCCCCCCCCC(=O)OC(COC(=O)CCCCCCCCCCCC)COC(=O)CCCCCCCCCCCCCCCCCCC/C=C\C/C=C\CCCCCCC. The molecule has 0 rings (SSSR count). The van der Waals surface area contributed by atoms with Gasteiger partial charge in [-0.1, -0.05) is 301 Å². The first-order valence-electron chi connectivity index (χ1n) is 33.1. The van der Waals surface area contributed by atoms with Gasteiger partial charge in [-0.15, -0.1) is 0 Å². The van der Waals surface area contributed by atoms with E-state index in [4.69, 9.17) is 14.2 Å². The van der Waals surface area contributed by atoms with E-state index in [1.54, 1.807) is 0 Å². The number of esters is 3. The molecule has 0 amide bonds. The minimum Gasteiger partial charge on any atom is -0.462 e. The predicted octanol–water partition coefficient (Wildman–Crippen LogP) is 22.6. The Hall–Kier alpha value is -2.63. The standard InChI is InChI=1S/C69H126O6/c1-4-7-10-13-16-19-22-24-26-28-30-31-32-33-34-35-36-37-38-39-40-42-43-45-47-50-53-56-59-62-68(71)74-65-66(64-73-67(70)61-58-55-52-49-21-18-15-12-9-6-3)75-69(72)63-60-57-54-51-48-46-44-41-29-27-25-23-20-17-14-11-8-5-2/h20,22-24,27-30,66H,4-19,21,25-26,31-65H2,1-3H3/b23-20-,24-22-,29-27-,30-28-. The van der Waals surface area contributed by atoms with Crippen LogP contribution < -0.4 is 0 Å². The lowest BCUT2D eigenvalue weighted by atomic mass is 10.0. The van der Waals surface area contributed by atoms with E-state index in [1.807, 2.05) is 0 Å². The van der Waals surface area contributed by atoms with Crippen molar-refractivity contribution >= 4 is 17.9 Å². The minimum atomic E-state index is -0.774. The summed E-state index contributed by atoms with van der Waals surface area (Å²) in [6.07, 6.45) is 79.9. The van der Waals surface area contributed by atoms with Crippen LogP contribution in [0.1, 0.15) is 355 Å². The highest BCUT2D eigenvalue weighted by Crippen LogP contribution is 2.17. The topological polar surface area (TPSA) is 78.9 Å². The number of carbonyl (C=O) groups excluding carboxylic acids is 3. The van der Waals surface area contributed by atoms with Crippen molar-refractivity contribution in [1.29, 1.82) is 0 Å². The summed E-state index contributed by atoms with van der Waals surface area (Å²) in [6, 6.07) is 0. The zero-order chi connectivity index (χ0) is 54.3. The molecule has 0 aliphatic rings. The summed E-state index contributed by atoms with van der Waals surface area (Å²) in [5.41, 5.74) is 0. The maximum absolute atomic E-state index is 12.9. The van der Waals surface area contributed by atoms with E-state index in [0.29, 0.717) is 19.3 Å². The van der Waals surface area contributed by atoms with Gasteiger partial charge in [-0.3, -0.25) is 14.4 Å². The van der Waals surface area contributed by atoms with Gasteiger partial charge in [-0.25, -0.2) is 0 Å². The quantitative estimate of drug-likeness (QED) is 0.0261. The zero-order valence-electron chi connectivity index (χ0n) is 50.3. The molecule has 0 heterocycles. The van der Waals surface area contributed by atoms with Gasteiger partial charge in [0.2, 0.25) is 0 Å². The molecule has 0 aromatic heterocycles. The van der Waals surface area contributed by atoms with E-state index in [1.165, 1.54) is 238 Å². The van der Waals surface area contributed by atoms with E-state index in [0.717, 1.165) is 77.0 Å². The smallest absolute Gasteiger partial charge is 0.306 e. The van der Waals surface area contributed by atoms with Crippen molar-refractivity contribution in [3.8, 4) is 0 Å². The van der Waals surface area contributed by atoms with Gasteiger partial charge in [0, 0.05) is 19.3 Å². The molecule has 0 fully saturated rings. The number of carbonyl (C=O) groups is 3. The Labute approximate surface area is 467 Å². The monoisotopic (exact) mass is 1050 g/mol. The minimum absolute atomic E-state index is 0.0720. The molecule has 0 aromatic rings. The van der Waals surface area contributed by atoms with Gasteiger partial charge in [0.15, 0.2) is 6.10 Å². The van der Waals surface area contributed by atoms with Crippen molar-refractivity contribution in [3.63, 3.8) is 0 Å². The van der Waals surface area contributed by atoms with Crippen LogP contribution in [0.4, 0.5) is 0 Å². The Morgan fingerprint density at radius 2 is 0.480 bits per heavy atom. The second-order valence-corrected chi connectivity index (χ2v) is 22.4. The van der Waals surface area contributed by atoms with Crippen LogP contribution in [-0.2, 0) is 28.6 Å². The average molecular weight is 1050 g/mol. The lowest BCUT2D eigenvalue weighted by Gasteiger charge is -2.18. The van der Waals surface area contributed by atoms with E-state index >= 15 is 0 Å². The first-order chi connectivity index (χ1) is 37.0. The van der Waals surface area contributed by atoms with Crippen molar-refractivity contribution < 1.29 is 28.6 Å². The molecule has 0 aliphatic carbocycles. The van der Waals surface area contributed by atoms with Crippen LogP contribution in [-0.4, -0.2) is 37.2 Å². The highest BCUT2D eigenvalue weighted by atomic mass is 16.6. The van der Waals surface area contributed by atoms with Crippen LogP contribution in [0.3, 0.4) is 0 Å². The molecule has 1 atom stereocenters. The number of rotatable bonds is 61. The van der Waals surface area contributed by atoms with E-state index in [9.17, 15) is 14.4 Å². The van der Waals surface area contributed by atoms with Crippen molar-refractivity contribution in [3.05, 3.63) is 48.6 Å². The molecule has 1 unspecified atom stereocenters. The fourth-order valence-electron chi connectivity index (χ4n) is 9.80. The fourth-order valence-corrected chi connectivity index (χ4v) is 9.80. The van der Waals surface area contributed by atoms with Crippen LogP contribution in [0.2, 0.25) is 0 Å². The Morgan fingerprint density at radius 3 is 0.747 bits per heavy atom. The van der Waals surface area contributed by atoms with Crippen LogP contribution in [0.15, 0.2) is 48.6 Å². The van der Waals surface area contributed by atoms with Gasteiger partial charge in [-0.2, -0.15) is 0 Å². The first kappa shape index (κ1) is 72.4. The Morgan fingerprint density at radius 1 is 0.267 bits per heavy atom. The maximum Gasteiger partial charge on any atom is 0.306 e. The maximum atomic E-state index is 12.9. The van der Waals surface area contributed by atoms with Gasteiger partial charge < -0.3 is 14.2 Å². The molecule has 438 valence electrons. The summed E-state index contributed by atoms with van der Waals surface area (Å²) in [4.78, 5) is 38.2. The van der Waals surface area contributed by atoms with Crippen LogP contribution >= 0.6 is 0 Å². The summed E-state index contributed by atoms with van der Waals surface area (Å²) in [5.74, 6) is -0.861. The lowest BCUT2D eigenvalue weighted by molar-refractivity contribution is -0.167. The summed E-state index contributed by atoms with van der Waals surface area (Å²) in [6.45, 7) is 6.64. The van der Waals surface area contributed by atoms with Gasteiger partial charge in [0.1, 0.15) is 13.2 Å². The molecular formula is C69H126O6. The van der Waals surface area contributed by atoms with E-state index in [-0.39, 0.29) is 31.1 Å². The summed E-state index contributed by atoms with van der Waals surface area (Å²) < 4.78 is 16.9. The van der Waals surface area contributed by atoms with E-state index < -0.39 is 6.10 Å². The molecule has 0 N–H and O–H groups in total. The average Bonchev–Trinajstić information content (AvgIpc) is 3.41. The number of unbranched alkanes of at least 4 members (excludes halogenated alkanes) is 42.